The summed E-state index contributed by atoms with van der Waals surface area (Å²) < 4.78 is 37.1. The number of carbonyl (C=O) groups is 1. The van der Waals surface area contributed by atoms with E-state index in [1.165, 1.54) is 6.07 Å². The highest BCUT2D eigenvalue weighted by molar-refractivity contribution is 7.89. The molecule has 0 radical (unpaired) electrons. The van der Waals surface area contributed by atoms with Gasteiger partial charge in [-0.05, 0) is 30.3 Å². The van der Waals surface area contributed by atoms with Crippen LogP contribution in [0.15, 0.2) is 39.8 Å². The van der Waals surface area contributed by atoms with Crippen molar-refractivity contribution in [3.05, 3.63) is 46.1 Å². The summed E-state index contributed by atoms with van der Waals surface area (Å²) in [6.07, 6.45) is 0. The van der Waals surface area contributed by atoms with Crippen LogP contribution in [0.2, 0.25) is 10.0 Å². The molecule has 0 amide bonds. The van der Waals surface area contributed by atoms with E-state index in [2.05, 4.69) is 0 Å². The normalized spacial score (nSPS) is 11.3. The number of furan rings is 1. The van der Waals surface area contributed by atoms with Crippen molar-refractivity contribution in [2.24, 2.45) is 5.14 Å². The third kappa shape index (κ3) is 4.87. The first-order valence-electron chi connectivity index (χ1n) is 6.15. The molecule has 0 bridgehead atoms. The summed E-state index contributed by atoms with van der Waals surface area (Å²) >= 11 is 11.7. The van der Waals surface area contributed by atoms with Gasteiger partial charge in [-0.25, -0.2) is 18.4 Å². The van der Waals surface area contributed by atoms with Crippen molar-refractivity contribution >= 4 is 39.2 Å². The topological polar surface area (TPSA) is 109 Å². The molecule has 2 aromatic rings. The number of hydrogen-bond donors (Lipinski definition) is 1. The lowest BCUT2D eigenvalue weighted by molar-refractivity contribution is 0.0409. The van der Waals surface area contributed by atoms with Crippen LogP contribution >= 0.6 is 23.2 Å². The molecule has 0 aliphatic carbocycles. The summed E-state index contributed by atoms with van der Waals surface area (Å²) in [6, 6.07) is 6.92. The van der Waals surface area contributed by atoms with Crippen LogP contribution in [-0.4, -0.2) is 27.6 Å². The van der Waals surface area contributed by atoms with Crippen molar-refractivity contribution in [3.63, 3.8) is 0 Å². The van der Waals surface area contributed by atoms with Gasteiger partial charge in [0.2, 0.25) is 10.9 Å². The third-order valence-electron chi connectivity index (χ3n) is 2.53. The first-order valence-corrected chi connectivity index (χ1v) is 8.45. The standard InChI is InChI=1S/C13H11Cl2NO6S/c14-8-1-2-10(9(15)7-8)20-5-6-21-13(17)11-3-4-12(22-11)23(16,18)19/h1-4,7H,5-6H2,(H2,16,18,19). The number of ether oxygens (including phenoxy) is 2. The van der Waals surface area contributed by atoms with E-state index < -0.39 is 21.1 Å². The van der Waals surface area contributed by atoms with Crippen molar-refractivity contribution in [2.45, 2.75) is 5.09 Å². The molecule has 2 N–H and O–H groups in total. The molecule has 0 aliphatic rings. The molecule has 0 spiro atoms. The fourth-order valence-corrected chi connectivity index (χ4v) is 2.46. The molecule has 124 valence electrons. The zero-order chi connectivity index (χ0) is 17.0. The Morgan fingerprint density at radius 3 is 2.52 bits per heavy atom. The quantitative estimate of drug-likeness (QED) is 0.609. The second kappa shape index (κ2) is 7.22. The van der Waals surface area contributed by atoms with Crippen molar-refractivity contribution in [3.8, 4) is 5.75 Å². The first-order chi connectivity index (χ1) is 10.8. The van der Waals surface area contributed by atoms with Crippen LogP contribution < -0.4 is 9.88 Å². The van der Waals surface area contributed by atoms with Gasteiger partial charge in [-0.1, -0.05) is 23.2 Å². The molecule has 0 saturated carbocycles. The van der Waals surface area contributed by atoms with Crippen LogP contribution in [0.3, 0.4) is 0 Å². The van der Waals surface area contributed by atoms with Crippen LogP contribution in [0, 0.1) is 0 Å². The van der Waals surface area contributed by atoms with E-state index in [4.69, 9.17) is 42.2 Å². The molecule has 7 nitrogen and oxygen atoms in total. The average molecular weight is 380 g/mol. The van der Waals surface area contributed by atoms with E-state index >= 15 is 0 Å². The number of rotatable bonds is 6. The number of sulfonamides is 1. The van der Waals surface area contributed by atoms with E-state index in [9.17, 15) is 13.2 Å². The van der Waals surface area contributed by atoms with E-state index in [0.717, 1.165) is 12.1 Å². The Morgan fingerprint density at radius 1 is 1.17 bits per heavy atom. The predicted molar refractivity (Wildman–Crippen MR) is 82.3 cm³/mol. The smallest absolute Gasteiger partial charge is 0.374 e. The zero-order valence-electron chi connectivity index (χ0n) is 11.5. The van der Waals surface area contributed by atoms with E-state index in [0.29, 0.717) is 15.8 Å². The van der Waals surface area contributed by atoms with E-state index in [1.54, 1.807) is 12.1 Å². The predicted octanol–water partition coefficient (Wildman–Crippen LogP) is 2.47. The highest BCUT2D eigenvalue weighted by atomic mass is 35.5. The number of hydrogen-bond acceptors (Lipinski definition) is 6. The van der Waals surface area contributed by atoms with Crippen molar-refractivity contribution < 1.29 is 27.1 Å². The van der Waals surface area contributed by atoms with Crippen molar-refractivity contribution in [1.29, 1.82) is 0 Å². The van der Waals surface area contributed by atoms with Crippen LogP contribution in [0.4, 0.5) is 0 Å². The van der Waals surface area contributed by atoms with Crippen molar-refractivity contribution in [2.75, 3.05) is 13.2 Å². The van der Waals surface area contributed by atoms with E-state index in [-0.39, 0.29) is 19.0 Å². The summed E-state index contributed by atoms with van der Waals surface area (Å²) in [7, 11) is -4.01. The maximum atomic E-state index is 11.7. The van der Waals surface area contributed by atoms with Gasteiger partial charge in [0.15, 0.2) is 0 Å². The van der Waals surface area contributed by atoms with Gasteiger partial charge in [0.05, 0.1) is 5.02 Å². The van der Waals surface area contributed by atoms with Crippen LogP contribution in [0.5, 0.6) is 5.75 Å². The SMILES string of the molecule is NS(=O)(=O)c1ccc(C(=O)OCCOc2ccc(Cl)cc2Cl)o1. The zero-order valence-corrected chi connectivity index (χ0v) is 13.8. The van der Waals surface area contributed by atoms with Crippen LogP contribution in [-0.2, 0) is 14.8 Å². The maximum Gasteiger partial charge on any atom is 0.374 e. The van der Waals surface area contributed by atoms with Gasteiger partial charge in [-0.3, -0.25) is 0 Å². The largest absolute Gasteiger partial charge is 0.488 e. The van der Waals surface area contributed by atoms with E-state index in [1.807, 2.05) is 0 Å². The van der Waals surface area contributed by atoms with Gasteiger partial charge in [0.25, 0.3) is 10.0 Å². The number of benzene rings is 1. The van der Waals surface area contributed by atoms with Gasteiger partial charge in [-0.2, -0.15) is 0 Å². The Kier molecular flexibility index (Phi) is 5.53. The Hall–Kier alpha value is -1.74. The lowest BCUT2D eigenvalue weighted by Crippen LogP contribution is -2.13. The second-order valence-corrected chi connectivity index (χ2v) is 6.56. The molecule has 1 aromatic heterocycles. The summed E-state index contributed by atoms with van der Waals surface area (Å²) in [5, 5.41) is 5.14. The minimum absolute atomic E-state index is 0.0375. The molecule has 2 rings (SSSR count). The minimum atomic E-state index is -4.01. The molecule has 1 heterocycles. The molecule has 1 aromatic carbocycles. The molecule has 0 atom stereocenters. The van der Waals surface area contributed by atoms with Crippen molar-refractivity contribution in [1.82, 2.24) is 0 Å². The molecule has 0 fully saturated rings. The van der Waals surface area contributed by atoms with Crippen LogP contribution in [0.25, 0.3) is 0 Å². The Labute approximate surface area is 141 Å². The summed E-state index contributed by atoms with van der Waals surface area (Å²) in [6.45, 7) is -0.0565. The second-order valence-electron chi connectivity index (χ2n) is 4.22. The minimum Gasteiger partial charge on any atom is -0.488 e. The van der Waals surface area contributed by atoms with Gasteiger partial charge in [0, 0.05) is 5.02 Å². The van der Waals surface area contributed by atoms with Gasteiger partial charge in [0.1, 0.15) is 19.0 Å². The molecule has 0 saturated heterocycles. The average Bonchev–Trinajstić information content (AvgIpc) is 2.95. The maximum absolute atomic E-state index is 11.7. The summed E-state index contributed by atoms with van der Waals surface area (Å²) in [4.78, 5) is 11.7. The third-order valence-corrected chi connectivity index (χ3v) is 3.84. The first kappa shape index (κ1) is 17.6. The number of primary sulfonamides is 1. The molecule has 0 aliphatic heterocycles. The molecule has 23 heavy (non-hydrogen) atoms. The van der Waals surface area contributed by atoms with Crippen LogP contribution in [0.1, 0.15) is 10.6 Å². The van der Waals surface area contributed by atoms with Gasteiger partial charge < -0.3 is 13.9 Å². The fourth-order valence-electron chi connectivity index (χ4n) is 1.53. The Balaban J connectivity index is 1.84. The Morgan fingerprint density at radius 2 is 1.91 bits per heavy atom. The Bertz CT molecular complexity index is 818. The van der Waals surface area contributed by atoms with Gasteiger partial charge in [-0.15, -0.1) is 0 Å². The molecular formula is C13H11Cl2NO6S. The highest BCUT2D eigenvalue weighted by Crippen LogP contribution is 2.27. The molecular weight excluding hydrogens is 369 g/mol. The summed E-state index contributed by atoms with van der Waals surface area (Å²) in [5.41, 5.74) is 0. The number of carbonyl (C=O) groups excluding carboxylic acids is 1. The lowest BCUT2D eigenvalue weighted by atomic mass is 10.3. The monoisotopic (exact) mass is 379 g/mol. The number of esters is 1. The number of halogens is 2. The molecule has 10 heteroatoms. The number of nitrogens with two attached hydrogens (primary N) is 1. The summed E-state index contributed by atoms with van der Waals surface area (Å²) in [5.74, 6) is -0.731. The lowest BCUT2D eigenvalue weighted by Gasteiger charge is -2.08. The fraction of sp³-hybridized carbons (Fsp3) is 0.154. The highest BCUT2D eigenvalue weighted by Gasteiger charge is 2.18. The molecule has 0 unspecified atom stereocenters. The van der Waals surface area contributed by atoms with Gasteiger partial charge >= 0.3 is 5.97 Å².